The Hall–Kier alpha value is 0.420. The molecule has 13 heteroatoms. The Morgan fingerprint density at radius 2 is 1.03 bits per heavy atom. The number of ether oxygens (including phenoxy) is 2. The van der Waals surface area contributed by atoms with Crippen LogP contribution >= 0.6 is 17.2 Å². The van der Waals surface area contributed by atoms with Crippen molar-refractivity contribution in [1.29, 1.82) is 0 Å². The van der Waals surface area contributed by atoms with Gasteiger partial charge in [-0.1, -0.05) is 26.7 Å². The van der Waals surface area contributed by atoms with Gasteiger partial charge >= 0.3 is 17.2 Å². The number of aliphatic hydroxyl groups excluding tert-OH is 3. The molecule has 0 aromatic heterocycles. The van der Waals surface area contributed by atoms with Gasteiger partial charge in [0, 0.05) is 39.3 Å². The fourth-order valence-corrected chi connectivity index (χ4v) is 3.01. The molecule has 0 aromatic rings. The van der Waals surface area contributed by atoms with Crippen molar-refractivity contribution in [3.8, 4) is 0 Å². The van der Waals surface area contributed by atoms with E-state index < -0.39 is 48.0 Å². The lowest BCUT2D eigenvalue weighted by Crippen LogP contribution is -2.56. The molecule has 11 nitrogen and oxygen atoms in total. The molecule has 0 aliphatic rings. The molecule has 0 saturated heterocycles. The Balaban J connectivity index is 0. The lowest BCUT2D eigenvalue weighted by Gasteiger charge is -2.44. The average molecular weight is 482 g/mol. The monoisotopic (exact) mass is 482 g/mol. The van der Waals surface area contributed by atoms with Crippen LogP contribution in [0, 0.1) is 5.41 Å². The Morgan fingerprint density at radius 3 is 1.27 bits per heavy atom. The molecule has 0 aliphatic heterocycles. The minimum Gasteiger partial charge on any atom is -0.395 e. The topological polar surface area (TPSA) is 190 Å². The van der Waals surface area contributed by atoms with E-state index in [9.17, 15) is 20.4 Å². The van der Waals surface area contributed by atoms with E-state index in [1.807, 2.05) is 0 Å². The van der Waals surface area contributed by atoms with Gasteiger partial charge in [-0.25, -0.2) is 4.31 Å². The summed E-state index contributed by atoms with van der Waals surface area (Å²) < 4.78 is 14.6. The first-order valence-corrected chi connectivity index (χ1v) is 12.3. The molecule has 0 rings (SSSR count). The Morgan fingerprint density at radius 1 is 0.667 bits per heavy atom. The second-order valence-electron chi connectivity index (χ2n) is 6.81. The molecule has 0 aliphatic carbocycles. The van der Waals surface area contributed by atoms with Crippen molar-refractivity contribution in [1.82, 2.24) is 0 Å². The van der Waals surface area contributed by atoms with E-state index in [4.69, 9.17) is 29.0 Å². The SMILES string of the molecule is CCCCOCCC(O)(CCOCCCC)C(CO)(CO)CO.OP(O)OP(O)O. The highest BCUT2D eigenvalue weighted by Gasteiger charge is 2.49. The Labute approximate surface area is 181 Å². The maximum Gasteiger partial charge on any atom is 0.334 e. The third-order valence-corrected chi connectivity index (χ3v) is 5.81. The van der Waals surface area contributed by atoms with Crippen LogP contribution in [0.15, 0.2) is 0 Å². The molecule has 0 atom stereocenters. The largest absolute Gasteiger partial charge is 0.395 e. The van der Waals surface area contributed by atoms with Gasteiger partial charge in [0.25, 0.3) is 0 Å². The van der Waals surface area contributed by atoms with Crippen molar-refractivity contribution >= 4 is 17.2 Å². The van der Waals surface area contributed by atoms with Gasteiger partial charge in [-0.3, -0.25) is 0 Å². The molecule has 0 saturated carbocycles. The van der Waals surface area contributed by atoms with Crippen LogP contribution in [-0.4, -0.2) is 91.8 Å². The lowest BCUT2D eigenvalue weighted by atomic mass is 9.70. The van der Waals surface area contributed by atoms with Crippen LogP contribution in [0.25, 0.3) is 0 Å². The van der Waals surface area contributed by atoms with E-state index in [-0.39, 0.29) is 12.8 Å². The summed E-state index contributed by atoms with van der Waals surface area (Å²) in [5.41, 5.74) is -2.81. The highest BCUT2D eigenvalue weighted by molar-refractivity contribution is 7.53. The summed E-state index contributed by atoms with van der Waals surface area (Å²) in [5, 5.41) is 39.9. The molecule has 0 spiro atoms. The van der Waals surface area contributed by atoms with Gasteiger partial charge in [0.05, 0.1) is 30.8 Å². The maximum absolute atomic E-state index is 11.0. The van der Waals surface area contributed by atoms with E-state index in [1.54, 1.807) is 0 Å². The highest BCUT2D eigenvalue weighted by Crippen LogP contribution is 2.41. The maximum atomic E-state index is 11.0. The summed E-state index contributed by atoms with van der Waals surface area (Å²) in [6.45, 7) is 4.50. The molecule has 0 unspecified atom stereocenters. The fourth-order valence-electron chi connectivity index (χ4n) is 2.49. The molecule has 30 heavy (non-hydrogen) atoms. The van der Waals surface area contributed by atoms with Gasteiger partial charge in [0.2, 0.25) is 0 Å². The van der Waals surface area contributed by atoms with E-state index in [0.29, 0.717) is 26.4 Å². The van der Waals surface area contributed by atoms with E-state index in [1.165, 1.54) is 0 Å². The number of unbranched alkanes of at least 4 members (excludes halogenated alkanes) is 2. The zero-order valence-corrected chi connectivity index (χ0v) is 19.7. The summed E-state index contributed by atoms with van der Waals surface area (Å²) in [7, 11) is -5.22. The van der Waals surface area contributed by atoms with Gasteiger partial charge in [-0.15, -0.1) is 0 Å². The number of rotatable bonds is 18. The second-order valence-corrected chi connectivity index (χ2v) is 8.47. The number of hydrogen-bond acceptors (Lipinski definition) is 11. The highest BCUT2D eigenvalue weighted by atomic mass is 31.2. The Kier molecular flexibility index (Phi) is 21.8. The minimum absolute atomic E-state index is 0.232. The second kappa shape index (κ2) is 20.1. The van der Waals surface area contributed by atoms with Gasteiger partial charge < -0.3 is 49.5 Å². The predicted octanol–water partition coefficient (Wildman–Crippen LogP) is 0.520. The molecule has 0 aromatic carbocycles. The van der Waals surface area contributed by atoms with Crippen LogP contribution in [0.4, 0.5) is 0 Å². The van der Waals surface area contributed by atoms with Gasteiger partial charge in [-0.2, -0.15) is 0 Å². The molecule has 0 heterocycles. The van der Waals surface area contributed by atoms with Gasteiger partial charge in [-0.05, 0) is 12.8 Å². The predicted molar refractivity (Wildman–Crippen MR) is 113 cm³/mol. The molecule has 0 amide bonds. The third-order valence-electron chi connectivity index (χ3n) is 4.65. The van der Waals surface area contributed by atoms with Crippen molar-refractivity contribution in [2.45, 2.75) is 58.0 Å². The molecule has 8 N–H and O–H groups in total. The summed E-state index contributed by atoms with van der Waals surface area (Å²) >= 11 is 0. The normalized spacial score (nSPS) is 12.4. The van der Waals surface area contributed by atoms with E-state index in [0.717, 1.165) is 25.7 Å². The quantitative estimate of drug-likeness (QED) is 0.100. The van der Waals surface area contributed by atoms with Crippen molar-refractivity contribution in [3.63, 3.8) is 0 Å². The third kappa shape index (κ3) is 14.5. The molecule has 184 valence electrons. The van der Waals surface area contributed by atoms with E-state index >= 15 is 0 Å². The molecular formula is C17H40O11P2. The zero-order valence-electron chi connectivity index (χ0n) is 17.9. The molecule has 0 radical (unpaired) electrons. The zero-order chi connectivity index (χ0) is 23.5. The van der Waals surface area contributed by atoms with E-state index in [2.05, 4.69) is 18.2 Å². The molecule has 0 fully saturated rings. The van der Waals surface area contributed by atoms with Crippen molar-refractivity contribution in [3.05, 3.63) is 0 Å². The average Bonchev–Trinajstić information content (AvgIpc) is 2.69. The molecule has 0 bridgehead atoms. The fraction of sp³-hybridized carbons (Fsp3) is 1.00. The van der Waals surface area contributed by atoms with Crippen LogP contribution in [0.1, 0.15) is 52.4 Å². The first kappa shape index (κ1) is 32.6. The van der Waals surface area contributed by atoms with Crippen molar-refractivity contribution in [2.75, 3.05) is 46.2 Å². The summed E-state index contributed by atoms with van der Waals surface area (Å²) in [6.07, 6.45) is 4.42. The summed E-state index contributed by atoms with van der Waals surface area (Å²) in [5.74, 6) is 0. The van der Waals surface area contributed by atoms with Crippen molar-refractivity contribution in [2.24, 2.45) is 5.41 Å². The first-order chi connectivity index (χ1) is 14.2. The number of hydrogen-bond donors (Lipinski definition) is 8. The minimum atomic E-state index is -2.61. The van der Waals surface area contributed by atoms with Crippen LogP contribution in [0.5, 0.6) is 0 Å². The van der Waals surface area contributed by atoms with Crippen LogP contribution < -0.4 is 0 Å². The number of aliphatic hydroxyl groups is 4. The van der Waals surface area contributed by atoms with Crippen LogP contribution in [0.2, 0.25) is 0 Å². The van der Waals surface area contributed by atoms with Crippen LogP contribution in [0.3, 0.4) is 0 Å². The van der Waals surface area contributed by atoms with Gasteiger partial charge in [0.15, 0.2) is 0 Å². The van der Waals surface area contributed by atoms with Gasteiger partial charge in [0.1, 0.15) is 0 Å². The van der Waals surface area contributed by atoms with Crippen molar-refractivity contribution < 1.29 is 53.8 Å². The Bertz CT molecular complexity index is 343. The molecular weight excluding hydrogens is 442 g/mol. The first-order valence-electron chi connectivity index (χ1n) is 9.92. The summed E-state index contributed by atoms with van der Waals surface area (Å²) in [4.78, 5) is 31.3. The van der Waals surface area contributed by atoms with Crippen LogP contribution in [-0.2, 0) is 13.8 Å². The standard InChI is InChI=1S/C17H36O6.H4O5P2/c1-3-5-9-22-11-7-17(21,8-12-23-10-6-4-2)16(13-18,14-19)15-20;1-6(2)5-7(3)4/h18-21H,3-15H2,1-2H3;1-4H. The lowest BCUT2D eigenvalue weighted by molar-refractivity contribution is -0.172. The smallest absolute Gasteiger partial charge is 0.334 e. The summed E-state index contributed by atoms with van der Waals surface area (Å²) in [6, 6.07) is 0.